The Balaban J connectivity index is 1.85. The maximum Gasteiger partial charge on any atom is 0.250 e. The molecule has 0 bridgehead atoms. The lowest BCUT2D eigenvalue weighted by Gasteiger charge is -2.29. The number of likely N-dealkylation sites (tertiary alicyclic amines) is 1. The molecule has 1 spiro atoms. The van der Waals surface area contributed by atoms with E-state index in [0.717, 1.165) is 6.42 Å². The lowest BCUT2D eigenvalue weighted by Crippen LogP contribution is -2.53. The number of hydrogen-bond acceptors (Lipinski definition) is 5. The van der Waals surface area contributed by atoms with Crippen LogP contribution in [0.1, 0.15) is 31.7 Å². The first-order valence-electron chi connectivity index (χ1n) is 9.34. The summed E-state index contributed by atoms with van der Waals surface area (Å²) in [7, 11) is 0. The van der Waals surface area contributed by atoms with E-state index in [1.165, 1.54) is 23.1 Å². The predicted molar refractivity (Wildman–Crippen MR) is 96.1 cm³/mol. The third-order valence-corrected chi connectivity index (χ3v) is 5.92. The minimum Gasteiger partial charge on any atom is -0.370 e. The summed E-state index contributed by atoms with van der Waals surface area (Å²) < 4.78 is 14.0. The molecular weight excluding hydrogens is 367 g/mol. The number of rotatable bonds is 5. The van der Waals surface area contributed by atoms with Crippen molar-refractivity contribution in [3.63, 3.8) is 0 Å². The van der Waals surface area contributed by atoms with E-state index in [0.29, 0.717) is 12.1 Å². The number of carbonyl (C=O) groups excluding carboxylic acids is 4. The van der Waals surface area contributed by atoms with Crippen molar-refractivity contribution in [2.24, 2.45) is 17.6 Å². The minimum atomic E-state index is -1.60. The molecule has 148 valence electrons. The fourth-order valence-corrected chi connectivity index (χ4v) is 4.76. The standard InChI is InChI=1S/C19H21FN4O4/c1-2-3-6-24-16(26)14-12(8-13(21)25)23-19(15(14)17(24)27)10-7-9(20)4-5-11(10)22-18(19)28/h4-5,7,12,14-15,23H,2-3,6,8H2,1H3,(H2,21,25)(H,22,28)/t12-,14-,15+,19+/m1/s1. The highest BCUT2D eigenvalue weighted by atomic mass is 19.1. The summed E-state index contributed by atoms with van der Waals surface area (Å²) >= 11 is 0. The number of fused-ring (bicyclic) bond motifs is 4. The molecule has 4 amide bonds. The molecule has 8 nitrogen and oxygen atoms in total. The highest BCUT2D eigenvalue weighted by Gasteiger charge is 2.70. The average Bonchev–Trinajstić information content (AvgIpc) is 3.19. The number of primary amides is 1. The lowest BCUT2D eigenvalue weighted by atomic mass is 9.76. The number of halogens is 1. The van der Waals surface area contributed by atoms with Gasteiger partial charge >= 0.3 is 0 Å². The van der Waals surface area contributed by atoms with Gasteiger partial charge < -0.3 is 11.1 Å². The molecule has 0 radical (unpaired) electrons. The van der Waals surface area contributed by atoms with Crippen LogP contribution in [-0.4, -0.2) is 41.1 Å². The van der Waals surface area contributed by atoms with Crippen molar-refractivity contribution in [1.82, 2.24) is 10.2 Å². The molecule has 28 heavy (non-hydrogen) atoms. The zero-order valence-corrected chi connectivity index (χ0v) is 15.3. The van der Waals surface area contributed by atoms with E-state index in [1.807, 2.05) is 6.92 Å². The fourth-order valence-electron chi connectivity index (χ4n) is 4.76. The number of unbranched alkanes of at least 4 members (excludes halogenated alkanes) is 1. The average molecular weight is 388 g/mol. The molecule has 1 aromatic carbocycles. The van der Waals surface area contributed by atoms with Gasteiger partial charge in [0, 0.05) is 30.3 Å². The van der Waals surface area contributed by atoms with E-state index in [-0.39, 0.29) is 18.5 Å². The topological polar surface area (TPSA) is 122 Å². The molecular formula is C19H21FN4O4. The van der Waals surface area contributed by atoms with Crippen molar-refractivity contribution < 1.29 is 23.6 Å². The van der Waals surface area contributed by atoms with Crippen molar-refractivity contribution in [1.29, 1.82) is 0 Å². The number of nitrogens with two attached hydrogens (primary N) is 1. The molecule has 2 saturated heterocycles. The van der Waals surface area contributed by atoms with Gasteiger partial charge in [0.15, 0.2) is 0 Å². The number of benzene rings is 1. The van der Waals surface area contributed by atoms with E-state index >= 15 is 0 Å². The minimum absolute atomic E-state index is 0.207. The number of nitrogens with one attached hydrogen (secondary N) is 2. The van der Waals surface area contributed by atoms with Gasteiger partial charge in [0.2, 0.25) is 23.6 Å². The molecule has 4 atom stereocenters. The second-order valence-electron chi connectivity index (χ2n) is 7.56. The summed E-state index contributed by atoms with van der Waals surface area (Å²) in [6, 6.07) is 3.04. The van der Waals surface area contributed by atoms with E-state index < -0.39 is 52.9 Å². The first-order valence-corrected chi connectivity index (χ1v) is 9.34. The molecule has 0 unspecified atom stereocenters. The quantitative estimate of drug-likeness (QED) is 0.623. The van der Waals surface area contributed by atoms with Crippen molar-refractivity contribution >= 4 is 29.3 Å². The van der Waals surface area contributed by atoms with Gasteiger partial charge in [-0.15, -0.1) is 0 Å². The van der Waals surface area contributed by atoms with Gasteiger partial charge in [-0.1, -0.05) is 13.3 Å². The lowest BCUT2D eigenvalue weighted by molar-refractivity contribution is -0.142. The van der Waals surface area contributed by atoms with Crippen LogP contribution in [0.5, 0.6) is 0 Å². The number of hydrogen-bond donors (Lipinski definition) is 3. The smallest absolute Gasteiger partial charge is 0.250 e. The van der Waals surface area contributed by atoms with Crippen LogP contribution < -0.4 is 16.4 Å². The van der Waals surface area contributed by atoms with Gasteiger partial charge in [-0.05, 0) is 24.6 Å². The second kappa shape index (κ2) is 6.37. The molecule has 4 N–H and O–H groups in total. The van der Waals surface area contributed by atoms with Gasteiger partial charge in [0.25, 0.3) is 0 Å². The van der Waals surface area contributed by atoms with Crippen LogP contribution in [0.2, 0.25) is 0 Å². The van der Waals surface area contributed by atoms with Crippen LogP contribution >= 0.6 is 0 Å². The maximum absolute atomic E-state index is 14.0. The molecule has 4 rings (SSSR count). The Bertz CT molecular complexity index is 904. The Morgan fingerprint density at radius 1 is 1.29 bits per heavy atom. The maximum atomic E-state index is 14.0. The zero-order valence-electron chi connectivity index (χ0n) is 15.3. The molecule has 1 aromatic rings. The van der Waals surface area contributed by atoms with Gasteiger partial charge in [-0.3, -0.25) is 29.4 Å². The Morgan fingerprint density at radius 2 is 2.04 bits per heavy atom. The second-order valence-corrected chi connectivity index (χ2v) is 7.56. The number of carbonyl (C=O) groups is 4. The highest BCUT2D eigenvalue weighted by Crippen LogP contribution is 2.53. The molecule has 3 heterocycles. The summed E-state index contributed by atoms with van der Waals surface area (Å²) in [5.41, 5.74) is 4.40. The van der Waals surface area contributed by atoms with E-state index in [1.54, 1.807) is 0 Å². The van der Waals surface area contributed by atoms with Gasteiger partial charge in [0.1, 0.15) is 11.4 Å². The van der Waals surface area contributed by atoms with E-state index in [9.17, 15) is 23.6 Å². The molecule has 0 saturated carbocycles. The normalized spacial score (nSPS) is 30.7. The number of amides is 4. The van der Waals surface area contributed by atoms with Crippen molar-refractivity contribution in [3.05, 3.63) is 29.6 Å². The van der Waals surface area contributed by atoms with Gasteiger partial charge in [0.05, 0.1) is 11.8 Å². The molecule has 3 aliphatic heterocycles. The van der Waals surface area contributed by atoms with Crippen LogP contribution in [0.3, 0.4) is 0 Å². The Morgan fingerprint density at radius 3 is 2.71 bits per heavy atom. The van der Waals surface area contributed by atoms with Crippen molar-refractivity contribution in [2.45, 2.75) is 37.8 Å². The monoisotopic (exact) mass is 388 g/mol. The third kappa shape index (κ3) is 2.39. The Kier molecular flexibility index (Phi) is 4.22. The van der Waals surface area contributed by atoms with Crippen LogP contribution in [0.4, 0.5) is 10.1 Å². The SMILES string of the molecule is CCCCN1C(=O)[C@H]2[C@@H](C1=O)[C@]1(N[C@@H]2CC(N)=O)C(=O)Nc2ccc(F)cc21. The van der Waals surface area contributed by atoms with Crippen molar-refractivity contribution in [2.75, 3.05) is 11.9 Å². The van der Waals surface area contributed by atoms with Crippen molar-refractivity contribution in [3.8, 4) is 0 Å². The summed E-state index contributed by atoms with van der Waals surface area (Å²) in [6.07, 6.45) is 1.21. The Hall–Kier alpha value is -2.81. The fraction of sp³-hybridized carbons (Fsp3) is 0.474. The molecule has 3 aliphatic rings. The number of imide groups is 1. The summed E-state index contributed by atoms with van der Waals surface area (Å²) in [6.45, 7) is 2.19. The molecule has 2 fully saturated rings. The van der Waals surface area contributed by atoms with Gasteiger partial charge in [-0.25, -0.2) is 4.39 Å². The van der Waals surface area contributed by atoms with Crippen LogP contribution in [0.15, 0.2) is 18.2 Å². The Labute approximate surface area is 160 Å². The summed E-state index contributed by atoms with van der Waals surface area (Å²) in [5, 5.41) is 5.69. The summed E-state index contributed by atoms with van der Waals surface area (Å²) in [4.78, 5) is 52.0. The number of anilines is 1. The number of nitrogens with zero attached hydrogens (tertiary/aromatic N) is 1. The predicted octanol–water partition coefficient (Wildman–Crippen LogP) is 0.222. The molecule has 9 heteroatoms. The largest absolute Gasteiger partial charge is 0.370 e. The molecule has 0 aromatic heterocycles. The van der Waals surface area contributed by atoms with E-state index in [4.69, 9.17) is 5.73 Å². The van der Waals surface area contributed by atoms with E-state index in [2.05, 4.69) is 10.6 Å². The van der Waals surface area contributed by atoms with Gasteiger partial charge in [-0.2, -0.15) is 0 Å². The first-order chi connectivity index (χ1) is 13.3. The highest BCUT2D eigenvalue weighted by molar-refractivity contribution is 6.15. The van der Waals surface area contributed by atoms with Crippen LogP contribution in [-0.2, 0) is 24.7 Å². The van der Waals surface area contributed by atoms with Crippen LogP contribution in [0, 0.1) is 17.7 Å². The molecule has 0 aliphatic carbocycles. The summed E-state index contributed by atoms with van der Waals surface area (Å²) in [5.74, 6) is -4.61. The zero-order chi connectivity index (χ0) is 20.2. The van der Waals surface area contributed by atoms with Crippen LogP contribution in [0.25, 0.3) is 0 Å². The first kappa shape index (κ1) is 18.5. The third-order valence-electron chi connectivity index (χ3n) is 5.92.